The Labute approximate surface area is 158 Å². The number of benzene rings is 2. The molecule has 2 aromatic rings. The Morgan fingerprint density at radius 1 is 1.00 bits per heavy atom. The lowest BCUT2D eigenvalue weighted by atomic mass is 10.0. The van der Waals surface area contributed by atoms with E-state index < -0.39 is 5.97 Å². The molecular weight excluding hydrogens is 344 g/mol. The fourth-order valence-corrected chi connectivity index (χ4v) is 2.71. The molecule has 0 aliphatic carbocycles. The van der Waals surface area contributed by atoms with Crippen molar-refractivity contribution in [2.24, 2.45) is 0 Å². The third-order valence-electron chi connectivity index (χ3n) is 4.18. The largest absolute Gasteiger partial charge is 0.478 e. The molecule has 1 unspecified atom stereocenters. The Hall–Kier alpha value is -3.15. The molecule has 0 aliphatic rings. The van der Waals surface area contributed by atoms with Gasteiger partial charge in [0.2, 0.25) is 11.8 Å². The summed E-state index contributed by atoms with van der Waals surface area (Å²) in [6.45, 7) is 3.85. The Kier molecular flexibility index (Phi) is 7.11. The molecule has 2 aromatic carbocycles. The van der Waals surface area contributed by atoms with E-state index in [0.717, 1.165) is 16.7 Å². The summed E-state index contributed by atoms with van der Waals surface area (Å²) in [7, 11) is 0. The second-order valence-corrected chi connectivity index (χ2v) is 6.47. The molecule has 27 heavy (non-hydrogen) atoms. The van der Waals surface area contributed by atoms with E-state index in [4.69, 9.17) is 5.11 Å². The summed E-state index contributed by atoms with van der Waals surface area (Å²) in [5, 5.41) is 14.6. The maximum Gasteiger partial charge on any atom is 0.335 e. The van der Waals surface area contributed by atoms with Crippen LogP contribution in [0.25, 0.3) is 0 Å². The zero-order valence-corrected chi connectivity index (χ0v) is 15.5. The lowest BCUT2D eigenvalue weighted by Gasteiger charge is -2.18. The second-order valence-electron chi connectivity index (χ2n) is 6.47. The standard InChI is InChI=1S/C21H24N2O4/c1-14-3-7-17(8-4-14)19(23-15(2)24)13-20(25)22-12-11-16-5-9-18(10-6-16)21(26)27/h3-10,19H,11-13H2,1-2H3,(H,22,25)(H,23,24)(H,26,27). The van der Waals surface area contributed by atoms with Gasteiger partial charge in [-0.05, 0) is 36.6 Å². The molecular formula is C21H24N2O4. The Balaban J connectivity index is 1.88. The van der Waals surface area contributed by atoms with Gasteiger partial charge in [-0.15, -0.1) is 0 Å². The van der Waals surface area contributed by atoms with Crippen LogP contribution < -0.4 is 10.6 Å². The average Bonchev–Trinajstić information content (AvgIpc) is 2.62. The van der Waals surface area contributed by atoms with Crippen LogP contribution in [-0.2, 0) is 16.0 Å². The van der Waals surface area contributed by atoms with E-state index in [2.05, 4.69) is 10.6 Å². The molecule has 0 aromatic heterocycles. The molecule has 2 rings (SSSR count). The van der Waals surface area contributed by atoms with Crippen molar-refractivity contribution in [2.45, 2.75) is 32.7 Å². The fourth-order valence-electron chi connectivity index (χ4n) is 2.71. The van der Waals surface area contributed by atoms with Crippen molar-refractivity contribution in [3.05, 3.63) is 70.8 Å². The Morgan fingerprint density at radius 3 is 2.19 bits per heavy atom. The molecule has 0 saturated heterocycles. The molecule has 0 radical (unpaired) electrons. The number of amides is 2. The van der Waals surface area contributed by atoms with Crippen molar-refractivity contribution in [3.8, 4) is 0 Å². The third-order valence-corrected chi connectivity index (χ3v) is 4.18. The Morgan fingerprint density at radius 2 is 1.63 bits per heavy atom. The number of hydrogen-bond donors (Lipinski definition) is 3. The minimum Gasteiger partial charge on any atom is -0.478 e. The van der Waals surface area contributed by atoms with Crippen LogP contribution >= 0.6 is 0 Å². The molecule has 1 atom stereocenters. The number of carboxylic acid groups (broad SMARTS) is 1. The van der Waals surface area contributed by atoms with Crippen LogP contribution in [0.3, 0.4) is 0 Å². The van der Waals surface area contributed by atoms with Crippen molar-refractivity contribution in [1.82, 2.24) is 10.6 Å². The monoisotopic (exact) mass is 368 g/mol. The van der Waals surface area contributed by atoms with E-state index in [-0.39, 0.29) is 29.8 Å². The van der Waals surface area contributed by atoms with Gasteiger partial charge in [-0.2, -0.15) is 0 Å². The molecule has 0 bridgehead atoms. The van der Waals surface area contributed by atoms with Gasteiger partial charge in [0, 0.05) is 13.5 Å². The Bertz CT molecular complexity index is 798. The maximum atomic E-state index is 12.3. The normalized spacial score (nSPS) is 11.5. The summed E-state index contributed by atoms with van der Waals surface area (Å²) in [5.41, 5.74) is 3.17. The number of rotatable bonds is 8. The van der Waals surface area contributed by atoms with Crippen LogP contribution in [0.15, 0.2) is 48.5 Å². The highest BCUT2D eigenvalue weighted by molar-refractivity contribution is 5.87. The van der Waals surface area contributed by atoms with E-state index in [1.807, 2.05) is 31.2 Å². The summed E-state index contributed by atoms with van der Waals surface area (Å²) in [6.07, 6.45) is 0.752. The summed E-state index contributed by atoms with van der Waals surface area (Å²) < 4.78 is 0. The van der Waals surface area contributed by atoms with Crippen LogP contribution in [0, 0.1) is 6.92 Å². The number of aryl methyl sites for hydroxylation is 1. The highest BCUT2D eigenvalue weighted by Gasteiger charge is 2.16. The first-order valence-electron chi connectivity index (χ1n) is 8.77. The van der Waals surface area contributed by atoms with Crippen molar-refractivity contribution in [2.75, 3.05) is 6.54 Å². The van der Waals surface area contributed by atoms with Crippen molar-refractivity contribution in [1.29, 1.82) is 0 Å². The minimum absolute atomic E-state index is 0.153. The van der Waals surface area contributed by atoms with Crippen LogP contribution in [0.2, 0.25) is 0 Å². The van der Waals surface area contributed by atoms with Gasteiger partial charge in [0.25, 0.3) is 0 Å². The molecule has 6 heteroatoms. The summed E-state index contributed by atoms with van der Waals surface area (Å²) >= 11 is 0. The van der Waals surface area contributed by atoms with Crippen molar-refractivity contribution >= 4 is 17.8 Å². The number of hydrogen-bond acceptors (Lipinski definition) is 3. The average molecular weight is 368 g/mol. The zero-order valence-electron chi connectivity index (χ0n) is 15.5. The SMILES string of the molecule is CC(=O)NC(CC(=O)NCCc1ccc(C(=O)O)cc1)c1ccc(C)cc1. The third kappa shape index (κ3) is 6.58. The molecule has 6 nitrogen and oxygen atoms in total. The first kappa shape index (κ1) is 20.2. The van der Waals surface area contributed by atoms with Gasteiger partial charge in [0.1, 0.15) is 0 Å². The predicted octanol–water partition coefficient (Wildman–Crippen LogP) is 2.62. The number of aromatic carboxylic acids is 1. The predicted molar refractivity (Wildman–Crippen MR) is 102 cm³/mol. The second kappa shape index (κ2) is 9.52. The molecule has 0 heterocycles. The molecule has 0 spiro atoms. The number of carbonyl (C=O) groups is 3. The zero-order chi connectivity index (χ0) is 19.8. The highest BCUT2D eigenvalue weighted by Crippen LogP contribution is 2.17. The van der Waals surface area contributed by atoms with Crippen LogP contribution in [0.5, 0.6) is 0 Å². The molecule has 142 valence electrons. The molecule has 0 aliphatic heterocycles. The van der Waals surface area contributed by atoms with Gasteiger partial charge in [-0.25, -0.2) is 4.79 Å². The molecule has 0 fully saturated rings. The van der Waals surface area contributed by atoms with E-state index in [1.165, 1.54) is 6.92 Å². The lowest BCUT2D eigenvalue weighted by molar-refractivity contribution is -0.122. The minimum atomic E-state index is -0.963. The quantitative estimate of drug-likeness (QED) is 0.667. The fraction of sp³-hybridized carbons (Fsp3) is 0.286. The summed E-state index contributed by atoms with van der Waals surface area (Å²) in [4.78, 5) is 34.6. The van der Waals surface area contributed by atoms with Crippen LogP contribution in [-0.4, -0.2) is 29.4 Å². The summed E-state index contributed by atoms with van der Waals surface area (Å²) in [5.74, 6) is -1.31. The number of nitrogens with one attached hydrogen (secondary N) is 2. The molecule has 0 saturated carbocycles. The maximum absolute atomic E-state index is 12.3. The first-order valence-corrected chi connectivity index (χ1v) is 8.77. The van der Waals surface area contributed by atoms with E-state index >= 15 is 0 Å². The van der Waals surface area contributed by atoms with E-state index in [1.54, 1.807) is 24.3 Å². The molecule has 3 N–H and O–H groups in total. The lowest BCUT2D eigenvalue weighted by Crippen LogP contribution is -2.33. The van der Waals surface area contributed by atoms with Gasteiger partial charge in [-0.1, -0.05) is 42.0 Å². The topological polar surface area (TPSA) is 95.5 Å². The van der Waals surface area contributed by atoms with Crippen molar-refractivity contribution in [3.63, 3.8) is 0 Å². The highest BCUT2D eigenvalue weighted by atomic mass is 16.4. The van der Waals surface area contributed by atoms with Gasteiger partial charge in [0.15, 0.2) is 0 Å². The van der Waals surface area contributed by atoms with E-state index in [0.29, 0.717) is 13.0 Å². The van der Waals surface area contributed by atoms with Crippen LogP contribution in [0.4, 0.5) is 0 Å². The summed E-state index contributed by atoms with van der Waals surface area (Å²) in [6, 6.07) is 13.9. The van der Waals surface area contributed by atoms with Gasteiger partial charge in [-0.3, -0.25) is 9.59 Å². The number of carbonyl (C=O) groups excluding carboxylic acids is 2. The van der Waals surface area contributed by atoms with Gasteiger partial charge in [0.05, 0.1) is 18.0 Å². The van der Waals surface area contributed by atoms with Gasteiger partial charge < -0.3 is 15.7 Å². The number of carboxylic acids is 1. The van der Waals surface area contributed by atoms with Crippen molar-refractivity contribution < 1.29 is 19.5 Å². The van der Waals surface area contributed by atoms with Gasteiger partial charge >= 0.3 is 5.97 Å². The smallest absolute Gasteiger partial charge is 0.335 e. The first-order chi connectivity index (χ1) is 12.8. The van der Waals surface area contributed by atoms with Crippen LogP contribution in [0.1, 0.15) is 46.4 Å². The molecule has 2 amide bonds. The van der Waals surface area contributed by atoms with E-state index in [9.17, 15) is 14.4 Å².